The number of anilines is 1. The molecule has 2 aliphatic rings. The lowest BCUT2D eigenvalue weighted by molar-refractivity contribution is -0.0274. The van der Waals surface area contributed by atoms with Crippen molar-refractivity contribution in [3.8, 4) is 0 Å². The monoisotopic (exact) mass is 326 g/mol. The van der Waals surface area contributed by atoms with Crippen LogP contribution in [0.3, 0.4) is 0 Å². The molecule has 0 spiro atoms. The van der Waals surface area contributed by atoms with Crippen LogP contribution in [0.25, 0.3) is 11.0 Å². The van der Waals surface area contributed by atoms with Gasteiger partial charge in [-0.3, -0.25) is 9.69 Å². The highest BCUT2D eigenvalue weighted by Gasteiger charge is 2.32. The molecule has 6 nitrogen and oxygen atoms in total. The maximum atomic E-state index is 14.2. The normalized spacial score (nSPS) is 18.3. The number of ether oxygens (including phenoxy) is 2. The summed E-state index contributed by atoms with van der Waals surface area (Å²) >= 11 is 1.13. The van der Waals surface area contributed by atoms with Gasteiger partial charge in [-0.15, -0.1) is 0 Å². The molecule has 1 fully saturated rings. The maximum absolute atomic E-state index is 14.2. The Morgan fingerprint density at radius 3 is 2.73 bits per heavy atom. The van der Waals surface area contributed by atoms with Crippen molar-refractivity contribution < 1.29 is 27.6 Å². The van der Waals surface area contributed by atoms with Gasteiger partial charge >= 0.3 is 0 Å². The van der Waals surface area contributed by atoms with E-state index in [4.69, 9.17) is 14.0 Å². The van der Waals surface area contributed by atoms with Crippen molar-refractivity contribution >= 4 is 33.8 Å². The summed E-state index contributed by atoms with van der Waals surface area (Å²) < 4.78 is 43.2. The molecule has 0 radical (unpaired) electrons. The van der Waals surface area contributed by atoms with Crippen LogP contribution >= 0.6 is 11.8 Å². The van der Waals surface area contributed by atoms with E-state index in [-0.39, 0.29) is 27.6 Å². The zero-order chi connectivity index (χ0) is 15.3. The zero-order valence-corrected chi connectivity index (χ0v) is 11.7. The first kappa shape index (κ1) is 13.4. The Morgan fingerprint density at radius 2 is 2.05 bits per heavy atom. The fraction of sp³-hybridized carbons (Fsp3) is 0.231. The number of aromatic nitrogens is 1. The van der Waals surface area contributed by atoms with Gasteiger partial charge in [0.15, 0.2) is 11.6 Å². The van der Waals surface area contributed by atoms with Crippen LogP contribution in [0.4, 0.5) is 19.4 Å². The van der Waals surface area contributed by atoms with Crippen molar-refractivity contribution in [3.63, 3.8) is 0 Å². The second-order valence-electron chi connectivity index (χ2n) is 4.62. The van der Waals surface area contributed by atoms with E-state index < -0.39 is 17.9 Å². The molecular formula is C13H8F2N2O4S. The molecular weight excluding hydrogens is 318 g/mol. The van der Waals surface area contributed by atoms with E-state index in [1.165, 1.54) is 23.5 Å². The molecule has 1 aromatic heterocycles. The van der Waals surface area contributed by atoms with Gasteiger partial charge in [0.25, 0.3) is 11.5 Å². The van der Waals surface area contributed by atoms with E-state index in [1.807, 2.05) is 0 Å². The molecule has 1 aromatic carbocycles. The molecule has 4 rings (SSSR count). The highest BCUT2D eigenvalue weighted by molar-refractivity contribution is 8.14. The van der Waals surface area contributed by atoms with Crippen molar-refractivity contribution in [2.75, 3.05) is 17.2 Å². The third-order valence-electron chi connectivity index (χ3n) is 3.38. The van der Waals surface area contributed by atoms with Crippen LogP contribution in [0.2, 0.25) is 0 Å². The number of fused-ring (bicyclic) bond motifs is 1. The van der Waals surface area contributed by atoms with Gasteiger partial charge in [0.2, 0.25) is 11.4 Å². The summed E-state index contributed by atoms with van der Waals surface area (Å²) in [6.07, 6.45) is 1.40. The summed E-state index contributed by atoms with van der Waals surface area (Å²) in [7, 11) is 0. The van der Waals surface area contributed by atoms with Crippen molar-refractivity contribution in [1.29, 1.82) is 0 Å². The lowest BCUT2D eigenvalue weighted by Crippen LogP contribution is -2.22. The van der Waals surface area contributed by atoms with Gasteiger partial charge in [-0.2, -0.15) is 4.39 Å². The lowest BCUT2D eigenvalue weighted by Gasteiger charge is -2.13. The molecule has 1 saturated heterocycles. The number of amides is 1. The molecule has 1 amide bonds. The number of thioether (sulfide) groups is 1. The van der Waals surface area contributed by atoms with Crippen LogP contribution in [0.1, 0.15) is 11.9 Å². The molecule has 0 N–H and O–H groups in total. The van der Waals surface area contributed by atoms with Crippen LogP contribution in [0.15, 0.2) is 23.1 Å². The number of hydrogen-bond acceptors (Lipinski definition) is 6. The minimum absolute atomic E-state index is 0.126. The first-order valence-electron chi connectivity index (χ1n) is 6.34. The minimum Gasteiger partial charge on any atom is -0.455 e. The number of halogens is 2. The van der Waals surface area contributed by atoms with Crippen LogP contribution in [-0.2, 0) is 9.47 Å². The van der Waals surface area contributed by atoms with Gasteiger partial charge in [0, 0.05) is 12.3 Å². The van der Waals surface area contributed by atoms with Crippen molar-refractivity contribution in [2.45, 2.75) is 6.29 Å². The highest BCUT2D eigenvalue weighted by Crippen LogP contribution is 2.37. The summed E-state index contributed by atoms with van der Waals surface area (Å²) in [4.78, 5) is 13.2. The van der Waals surface area contributed by atoms with Gasteiger partial charge in [0.1, 0.15) is 12.5 Å². The first-order chi connectivity index (χ1) is 10.7. The molecule has 0 saturated carbocycles. The number of carbonyl (C=O) groups is 1. The fourth-order valence-electron chi connectivity index (χ4n) is 2.36. The fourth-order valence-corrected chi connectivity index (χ4v) is 3.14. The second-order valence-corrected chi connectivity index (χ2v) is 5.67. The van der Waals surface area contributed by atoms with Gasteiger partial charge in [0.05, 0.1) is 10.9 Å². The van der Waals surface area contributed by atoms with Crippen molar-refractivity contribution in [2.24, 2.45) is 0 Å². The molecule has 3 heterocycles. The molecule has 0 bridgehead atoms. The van der Waals surface area contributed by atoms with E-state index in [2.05, 4.69) is 5.16 Å². The lowest BCUT2D eigenvalue weighted by atomic mass is 10.1. The van der Waals surface area contributed by atoms with E-state index in [1.54, 1.807) is 0 Å². The molecule has 22 heavy (non-hydrogen) atoms. The Morgan fingerprint density at radius 1 is 1.27 bits per heavy atom. The van der Waals surface area contributed by atoms with E-state index >= 15 is 0 Å². The number of carbonyl (C=O) groups excluding carboxylic acids is 1. The number of rotatable bonds is 2. The van der Waals surface area contributed by atoms with Gasteiger partial charge in [-0.1, -0.05) is 16.9 Å². The summed E-state index contributed by atoms with van der Waals surface area (Å²) in [5.41, 5.74) is -0.467. The number of benzene rings is 1. The van der Waals surface area contributed by atoms with E-state index in [0.29, 0.717) is 12.3 Å². The Balaban J connectivity index is 1.88. The minimum atomic E-state index is -1.19. The average molecular weight is 326 g/mol. The molecule has 2 aliphatic heterocycles. The Bertz CT molecular complexity index is 799. The molecule has 0 atom stereocenters. The molecule has 9 heteroatoms. The third kappa shape index (κ3) is 1.85. The summed E-state index contributed by atoms with van der Waals surface area (Å²) in [6.45, 7) is 0.428. The van der Waals surface area contributed by atoms with Gasteiger partial charge in [-0.25, -0.2) is 4.39 Å². The average Bonchev–Trinajstić information content (AvgIpc) is 3.22. The van der Waals surface area contributed by atoms with Crippen molar-refractivity contribution in [1.82, 2.24) is 5.16 Å². The van der Waals surface area contributed by atoms with E-state index in [9.17, 15) is 13.6 Å². The SMILES string of the molecule is O=C1SCCN1c1noc2c(F)c(F)c(C3OC=CO3)cc12. The second kappa shape index (κ2) is 4.87. The maximum Gasteiger partial charge on any atom is 0.287 e. The molecule has 0 unspecified atom stereocenters. The summed E-state index contributed by atoms with van der Waals surface area (Å²) in [5.74, 6) is -1.56. The standard InChI is InChI=1S/C13H8F2N2O4S/c14-8-6(12-19-2-3-20-12)5-7-10(9(8)15)21-16-11(7)17-1-4-22-13(17)18/h2-3,5,12H,1,4H2. The van der Waals surface area contributed by atoms with E-state index in [0.717, 1.165) is 11.8 Å². The Labute approximate surface area is 126 Å². The van der Waals surface area contributed by atoms with Crippen LogP contribution in [0.5, 0.6) is 0 Å². The molecule has 0 aliphatic carbocycles. The third-order valence-corrected chi connectivity index (χ3v) is 4.24. The van der Waals surface area contributed by atoms with Gasteiger partial charge in [-0.05, 0) is 6.07 Å². The molecule has 2 aromatic rings. The highest BCUT2D eigenvalue weighted by atomic mass is 32.2. The zero-order valence-electron chi connectivity index (χ0n) is 10.9. The van der Waals surface area contributed by atoms with Crippen LogP contribution < -0.4 is 4.90 Å². The smallest absolute Gasteiger partial charge is 0.287 e. The van der Waals surface area contributed by atoms with Crippen LogP contribution in [-0.4, -0.2) is 22.7 Å². The Hall–Kier alpha value is -2.29. The summed E-state index contributed by atoms with van der Waals surface area (Å²) in [5, 5.41) is 3.70. The predicted molar refractivity (Wildman–Crippen MR) is 73.2 cm³/mol. The Kier molecular flexibility index (Phi) is 2.96. The summed E-state index contributed by atoms with van der Waals surface area (Å²) in [6, 6.07) is 1.33. The quantitative estimate of drug-likeness (QED) is 0.844. The number of nitrogens with zero attached hydrogens (tertiary/aromatic N) is 2. The van der Waals surface area contributed by atoms with Crippen LogP contribution in [0, 0.1) is 11.6 Å². The largest absolute Gasteiger partial charge is 0.455 e. The topological polar surface area (TPSA) is 64.8 Å². The molecule has 114 valence electrons. The predicted octanol–water partition coefficient (Wildman–Crippen LogP) is 3.30. The van der Waals surface area contributed by atoms with Crippen molar-refractivity contribution in [3.05, 3.63) is 35.8 Å². The first-order valence-corrected chi connectivity index (χ1v) is 7.33. The number of hydrogen-bond donors (Lipinski definition) is 0. The van der Waals surface area contributed by atoms with Gasteiger partial charge < -0.3 is 14.0 Å².